The highest BCUT2D eigenvalue weighted by Crippen LogP contribution is 2.15. The maximum atomic E-state index is 11.9. The van der Waals surface area contributed by atoms with Gasteiger partial charge in [0, 0.05) is 16.9 Å². The van der Waals surface area contributed by atoms with E-state index in [1.165, 1.54) is 0 Å². The number of carbonyl (C=O) groups is 1. The molecule has 0 saturated heterocycles. The SMILES string of the molecule is Cc1ccccc1NC(=O)c1ccc(N)cc1.Cl. The van der Waals surface area contributed by atoms with Crippen molar-refractivity contribution in [2.75, 3.05) is 11.1 Å². The van der Waals surface area contributed by atoms with Gasteiger partial charge >= 0.3 is 0 Å². The molecule has 2 aromatic rings. The monoisotopic (exact) mass is 262 g/mol. The molecule has 0 aliphatic carbocycles. The molecule has 0 fully saturated rings. The molecule has 94 valence electrons. The molecule has 0 radical (unpaired) electrons. The summed E-state index contributed by atoms with van der Waals surface area (Å²) in [5, 5.41) is 2.87. The standard InChI is InChI=1S/C14H14N2O.ClH/c1-10-4-2-3-5-13(10)16-14(17)11-6-8-12(15)9-7-11;/h2-9H,15H2,1H3,(H,16,17);1H. The molecule has 2 aromatic carbocycles. The summed E-state index contributed by atoms with van der Waals surface area (Å²) in [7, 11) is 0. The zero-order chi connectivity index (χ0) is 12.3. The molecule has 0 saturated carbocycles. The van der Waals surface area contributed by atoms with Crippen molar-refractivity contribution in [1.29, 1.82) is 0 Å². The predicted octanol–water partition coefficient (Wildman–Crippen LogP) is 3.25. The fourth-order valence-electron chi connectivity index (χ4n) is 1.54. The van der Waals surface area contributed by atoms with Crippen LogP contribution in [-0.2, 0) is 0 Å². The Morgan fingerprint density at radius 1 is 1.06 bits per heavy atom. The van der Waals surface area contributed by atoms with Crippen molar-refractivity contribution in [2.24, 2.45) is 0 Å². The average Bonchev–Trinajstić information content (AvgIpc) is 2.33. The van der Waals surface area contributed by atoms with Crippen LogP contribution in [0.1, 0.15) is 15.9 Å². The van der Waals surface area contributed by atoms with Crippen LogP contribution in [0, 0.1) is 6.92 Å². The Morgan fingerprint density at radius 3 is 2.28 bits per heavy atom. The molecule has 0 bridgehead atoms. The van der Waals surface area contributed by atoms with Gasteiger partial charge in [-0.05, 0) is 42.8 Å². The van der Waals surface area contributed by atoms with Crippen LogP contribution in [0.3, 0.4) is 0 Å². The van der Waals surface area contributed by atoms with Crippen LogP contribution >= 0.6 is 12.4 Å². The first-order valence-corrected chi connectivity index (χ1v) is 5.39. The highest BCUT2D eigenvalue weighted by molar-refractivity contribution is 6.04. The van der Waals surface area contributed by atoms with E-state index in [1.54, 1.807) is 24.3 Å². The Balaban J connectivity index is 0.00000162. The number of anilines is 2. The number of benzene rings is 2. The first-order chi connectivity index (χ1) is 8.16. The summed E-state index contributed by atoms with van der Waals surface area (Å²) in [6, 6.07) is 14.5. The number of halogens is 1. The number of hydrogen-bond donors (Lipinski definition) is 2. The van der Waals surface area contributed by atoms with Gasteiger partial charge in [-0.2, -0.15) is 0 Å². The largest absolute Gasteiger partial charge is 0.399 e. The molecular formula is C14H15ClN2O. The molecule has 0 heterocycles. The van der Waals surface area contributed by atoms with Gasteiger partial charge in [-0.15, -0.1) is 12.4 Å². The van der Waals surface area contributed by atoms with Gasteiger partial charge in [-0.3, -0.25) is 4.79 Å². The van der Waals surface area contributed by atoms with Crippen LogP contribution < -0.4 is 11.1 Å². The third-order valence-electron chi connectivity index (χ3n) is 2.57. The minimum Gasteiger partial charge on any atom is -0.399 e. The minimum atomic E-state index is -0.126. The highest BCUT2D eigenvalue weighted by Gasteiger charge is 2.06. The normalized spacial score (nSPS) is 9.39. The van der Waals surface area contributed by atoms with Crippen molar-refractivity contribution in [3.05, 3.63) is 59.7 Å². The molecule has 0 aliphatic rings. The lowest BCUT2D eigenvalue weighted by Gasteiger charge is -2.08. The van der Waals surface area contributed by atoms with Crippen molar-refractivity contribution in [3.63, 3.8) is 0 Å². The molecule has 4 heteroatoms. The van der Waals surface area contributed by atoms with Crippen LogP contribution in [0.5, 0.6) is 0 Å². The van der Waals surface area contributed by atoms with Crippen molar-refractivity contribution in [2.45, 2.75) is 6.92 Å². The lowest BCUT2D eigenvalue weighted by atomic mass is 10.1. The van der Waals surface area contributed by atoms with Crippen LogP contribution in [-0.4, -0.2) is 5.91 Å². The summed E-state index contributed by atoms with van der Waals surface area (Å²) in [5.41, 5.74) is 8.69. The van der Waals surface area contributed by atoms with E-state index in [2.05, 4.69) is 5.32 Å². The van der Waals surface area contributed by atoms with E-state index in [-0.39, 0.29) is 18.3 Å². The smallest absolute Gasteiger partial charge is 0.255 e. The molecule has 1 amide bonds. The van der Waals surface area contributed by atoms with Gasteiger partial charge < -0.3 is 11.1 Å². The zero-order valence-corrected chi connectivity index (χ0v) is 10.8. The fourth-order valence-corrected chi connectivity index (χ4v) is 1.54. The van der Waals surface area contributed by atoms with E-state index < -0.39 is 0 Å². The molecule has 3 nitrogen and oxygen atoms in total. The van der Waals surface area contributed by atoms with E-state index in [1.807, 2.05) is 31.2 Å². The molecule has 0 unspecified atom stereocenters. The summed E-state index contributed by atoms with van der Waals surface area (Å²) in [6.45, 7) is 1.96. The van der Waals surface area contributed by atoms with E-state index in [0.717, 1.165) is 11.3 Å². The van der Waals surface area contributed by atoms with Crippen LogP contribution in [0.2, 0.25) is 0 Å². The quantitative estimate of drug-likeness (QED) is 0.817. The van der Waals surface area contributed by atoms with E-state index in [0.29, 0.717) is 11.3 Å². The maximum Gasteiger partial charge on any atom is 0.255 e. The number of nitrogens with two attached hydrogens (primary N) is 1. The predicted molar refractivity (Wildman–Crippen MR) is 77.2 cm³/mol. The highest BCUT2D eigenvalue weighted by atomic mass is 35.5. The number of nitrogen functional groups attached to an aromatic ring is 1. The molecule has 3 N–H and O–H groups in total. The lowest BCUT2D eigenvalue weighted by molar-refractivity contribution is 0.102. The van der Waals surface area contributed by atoms with Crippen LogP contribution in [0.4, 0.5) is 11.4 Å². The molecule has 0 aromatic heterocycles. The van der Waals surface area contributed by atoms with E-state index in [4.69, 9.17) is 5.73 Å². The molecule has 0 atom stereocenters. The van der Waals surface area contributed by atoms with Crippen LogP contribution in [0.15, 0.2) is 48.5 Å². The van der Waals surface area contributed by atoms with Crippen LogP contribution in [0.25, 0.3) is 0 Å². The topological polar surface area (TPSA) is 55.1 Å². The Labute approximate surface area is 112 Å². The summed E-state index contributed by atoms with van der Waals surface area (Å²) in [6.07, 6.45) is 0. The van der Waals surface area contributed by atoms with Gasteiger partial charge in [0.2, 0.25) is 0 Å². The first-order valence-electron chi connectivity index (χ1n) is 5.39. The lowest BCUT2D eigenvalue weighted by Crippen LogP contribution is -2.12. The number of carbonyl (C=O) groups excluding carboxylic acids is 1. The zero-order valence-electron chi connectivity index (χ0n) is 10.0. The number of amides is 1. The first kappa shape index (κ1) is 14.1. The molecule has 18 heavy (non-hydrogen) atoms. The minimum absolute atomic E-state index is 0. The maximum absolute atomic E-state index is 11.9. The van der Waals surface area contributed by atoms with Gasteiger partial charge in [0.25, 0.3) is 5.91 Å². The van der Waals surface area contributed by atoms with Crippen molar-refractivity contribution in [3.8, 4) is 0 Å². The third-order valence-corrected chi connectivity index (χ3v) is 2.57. The van der Waals surface area contributed by atoms with Gasteiger partial charge in [0.15, 0.2) is 0 Å². The second-order valence-electron chi connectivity index (χ2n) is 3.89. The van der Waals surface area contributed by atoms with Gasteiger partial charge in [0.1, 0.15) is 0 Å². The third kappa shape index (κ3) is 3.25. The summed E-state index contributed by atoms with van der Waals surface area (Å²) < 4.78 is 0. The van der Waals surface area contributed by atoms with Gasteiger partial charge in [-0.1, -0.05) is 18.2 Å². The molecule has 2 rings (SSSR count). The average molecular weight is 263 g/mol. The second kappa shape index (κ2) is 6.07. The van der Waals surface area contributed by atoms with Gasteiger partial charge in [-0.25, -0.2) is 0 Å². The number of aryl methyl sites for hydroxylation is 1. The summed E-state index contributed by atoms with van der Waals surface area (Å²) in [5.74, 6) is -0.126. The Hall–Kier alpha value is -2.00. The van der Waals surface area contributed by atoms with E-state index >= 15 is 0 Å². The fraction of sp³-hybridized carbons (Fsp3) is 0.0714. The van der Waals surface area contributed by atoms with Gasteiger partial charge in [0.05, 0.1) is 0 Å². The Kier molecular flexibility index (Phi) is 4.75. The number of rotatable bonds is 2. The van der Waals surface area contributed by atoms with E-state index in [9.17, 15) is 4.79 Å². The van der Waals surface area contributed by atoms with Crippen molar-refractivity contribution >= 4 is 29.7 Å². The molecule has 0 spiro atoms. The number of hydrogen-bond acceptors (Lipinski definition) is 2. The summed E-state index contributed by atoms with van der Waals surface area (Å²) >= 11 is 0. The summed E-state index contributed by atoms with van der Waals surface area (Å²) in [4.78, 5) is 11.9. The van der Waals surface area contributed by atoms with Crippen molar-refractivity contribution in [1.82, 2.24) is 0 Å². The Morgan fingerprint density at radius 2 is 1.67 bits per heavy atom. The number of para-hydroxylation sites is 1. The molecular weight excluding hydrogens is 248 g/mol. The number of nitrogens with one attached hydrogen (secondary N) is 1. The Bertz CT molecular complexity index is 538. The molecule has 0 aliphatic heterocycles. The second-order valence-corrected chi connectivity index (χ2v) is 3.89. The van der Waals surface area contributed by atoms with Crippen molar-refractivity contribution < 1.29 is 4.79 Å².